The number of carbonyl (C=O) groups is 1. The van der Waals surface area contributed by atoms with Crippen molar-refractivity contribution in [2.45, 2.75) is 52.2 Å². The zero-order chi connectivity index (χ0) is 17.5. The molecule has 0 aromatic heterocycles. The summed E-state index contributed by atoms with van der Waals surface area (Å²) >= 11 is 5.86. The smallest absolute Gasteiger partial charge is 0.323 e. The zero-order valence-corrected chi connectivity index (χ0v) is 15.4. The molecule has 5 heteroatoms. The topological polar surface area (TPSA) is 55.6 Å². The molecule has 0 heterocycles. The Labute approximate surface area is 144 Å². The van der Waals surface area contributed by atoms with Gasteiger partial charge in [-0.3, -0.25) is 4.79 Å². The number of nitrogens with zero attached hydrogens (tertiary/aromatic N) is 1. The molecule has 0 spiro atoms. The fourth-order valence-corrected chi connectivity index (χ4v) is 2.50. The number of benzene rings is 1. The van der Waals surface area contributed by atoms with Crippen LogP contribution in [0.3, 0.4) is 0 Å². The Morgan fingerprint density at radius 3 is 2.35 bits per heavy atom. The molecule has 4 nitrogen and oxygen atoms in total. The number of rotatable bonds is 8. The Hall–Kier alpha value is -1.26. The SMILES string of the molecule is CCCN(CCCl)c1ccc(C[C@H](N)C(=O)OC(C)(C)C)cc1. The molecule has 0 aliphatic carbocycles. The van der Waals surface area contributed by atoms with Crippen molar-refractivity contribution in [2.75, 3.05) is 23.9 Å². The third kappa shape index (κ3) is 7.23. The fourth-order valence-electron chi connectivity index (χ4n) is 2.30. The van der Waals surface area contributed by atoms with Crippen LogP contribution in [0.4, 0.5) is 5.69 Å². The average Bonchev–Trinajstić information content (AvgIpc) is 2.46. The van der Waals surface area contributed by atoms with E-state index in [-0.39, 0.29) is 5.97 Å². The molecular formula is C18H29ClN2O2. The van der Waals surface area contributed by atoms with E-state index in [2.05, 4.69) is 24.0 Å². The maximum absolute atomic E-state index is 11.9. The van der Waals surface area contributed by atoms with Gasteiger partial charge in [-0.1, -0.05) is 19.1 Å². The lowest BCUT2D eigenvalue weighted by Gasteiger charge is -2.24. The van der Waals surface area contributed by atoms with E-state index in [1.54, 1.807) is 0 Å². The first-order valence-corrected chi connectivity index (χ1v) is 8.68. The van der Waals surface area contributed by atoms with Gasteiger partial charge in [0.2, 0.25) is 0 Å². The second-order valence-electron chi connectivity index (χ2n) is 6.69. The van der Waals surface area contributed by atoms with Crippen LogP contribution in [0.2, 0.25) is 0 Å². The lowest BCUT2D eigenvalue weighted by atomic mass is 10.1. The quantitative estimate of drug-likeness (QED) is 0.582. The fraction of sp³-hybridized carbons (Fsp3) is 0.611. The largest absolute Gasteiger partial charge is 0.459 e. The summed E-state index contributed by atoms with van der Waals surface area (Å²) in [6.07, 6.45) is 1.54. The van der Waals surface area contributed by atoms with E-state index in [4.69, 9.17) is 22.1 Å². The van der Waals surface area contributed by atoms with E-state index in [1.165, 1.54) is 0 Å². The molecule has 1 aromatic rings. The molecule has 1 aromatic carbocycles. The maximum atomic E-state index is 11.9. The van der Waals surface area contributed by atoms with Crippen LogP contribution < -0.4 is 10.6 Å². The lowest BCUT2D eigenvalue weighted by Crippen LogP contribution is -2.38. The minimum Gasteiger partial charge on any atom is -0.459 e. The summed E-state index contributed by atoms with van der Waals surface area (Å²) in [7, 11) is 0. The highest BCUT2D eigenvalue weighted by Gasteiger charge is 2.22. The molecule has 0 saturated carbocycles. The van der Waals surface area contributed by atoms with E-state index in [0.717, 1.165) is 30.8 Å². The summed E-state index contributed by atoms with van der Waals surface area (Å²) in [4.78, 5) is 14.2. The second kappa shape index (κ2) is 9.14. The number of ether oxygens (including phenoxy) is 1. The number of anilines is 1. The predicted octanol–water partition coefficient (Wildman–Crippen LogP) is 3.35. The van der Waals surface area contributed by atoms with E-state index in [0.29, 0.717) is 12.3 Å². The van der Waals surface area contributed by atoms with Gasteiger partial charge in [-0.05, 0) is 51.3 Å². The van der Waals surface area contributed by atoms with Gasteiger partial charge < -0.3 is 15.4 Å². The Morgan fingerprint density at radius 1 is 1.26 bits per heavy atom. The average molecular weight is 341 g/mol. The van der Waals surface area contributed by atoms with Crippen LogP contribution in [0.15, 0.2) is 24.3 Å². The van der Waals surface area contributed by atoms with Crippen molar-refractivity contribution in [3.8, 4) is 0 Å². The Balaban J connectivity index is 2.67. The molecule has 1 rings (SSSR count). The molecule has 0 unspecified atom stereocenters. The molecule has 2 N–H and O–H groups in total. The summed E-state index contributed by atoms with van der Waals surface area (Å²) in [6.45, 7) is 9.47. The predicted molar refractivity (Wildman–Crippen MR) is 97.2 cm³/mol. The van der Waals surface area contributed by atoms with Gasteiger partial charge in [0.1, 0.15) is 11.6 Å². The van der Waals surface area contributed by atoms with Crippen molar-refractivity contribution in [2.24, 2.45) is 5.73 Å². The van der Waals surface area contributed by atoms with Gasteiger partial charge in [0, 0.05) is 24.7 Å². The van der Waals surface area contributed by atoms with Crippen molar-refractivity contribution in [1.82, 2.24) is 0 Å². The van der Waals surface area contributed by atoms with Crippen molar-refractivity contribution in [1.29, 1.82) is 0 Å². The number of esters is 1. The van der Waals surface area contributed by atoms with Crippen LogP contribution in [0, 0.1) is 0 Å². The summed E-state index contributed by atoms with van der Waals surface area (Å²) in [6, 6.07) is 7.49. The van der Waals surface area contributed by atoms with Gasteiger partial charge in [-0.25, -0.2) is 0 Å². The minimum atomic E-state index is -0.644. The van der Waals surface area contributed by atoms with Gasteiger partial charge in [0.25, 0.3) is 0 Å². The molecule has 0 aliphatic rings. The Morgan fingerprint density at radius 2 is 1.87 bits per heavy atom. The molecule has 0 aliphatic heterocycles. The molecule has 0 saturated heterocycles. The van der Waals surface area contributed by atoms with Crippen LogP contribution in [0.1, 0.15) is 39.7 Å². The summed E-state index contributed by atoms with van der Waals surface area (Å²) in [5.74, 6) is 0.238. The lowest BCUT2D eigenvalue weighted by molar-refractivity contribution is -0.156. The van der Waals surface area contributed by atoms with Crippen molar-refractivity contribution in [3.63, 3.8) is 0 Å². The third-order valence-corrected chi connectivity index (χ3v) is 3.48. The minimum absolute atomic E-state index is 0.365. The van der Waals surface area contributed by atoms with E-state index in [1.807, 2.05) is 32.9 Å². The monoisotopic (exact) mass is 340 g/mol. The standard InChI is InChI=1S/C18H29ClN2O2/c1-5-11-21(12-10-19)15-8-6-14(7-9-15)13-16(20)17(22)23-18(2,3)4/h6-9,16H,5,10-13,20H2,1-4H3/t16-/m0/s1. The van der Waals surface area contributed by atoms with Crippen molar-refractivity contribution < 1.29 is 9.53 Å². The van der Waals surface area contributed by atoms with Crippen LogP contribution in [-0.2, 0) is 16.0 Å². The van der Waals surface area contributed by atoms with Crippen LogP contribution in [0.5, 0.6) is 0 Å². The normalized spacial score (nSPS) is 12.8. The highest BCUT2D eigenvalue weighted by atomic mass is 35.5. The van der Waals surface area contributed by atoms with Crippen molar-refractivity contribution in [3.05, 3.63) is 29.8 Å². The second-order valence-corrected chi connectivity index (χ2v) is 7.06. The zero-order valence-electron chi connectivity index (χ0n) is 14.6. The number of hydrogen-bond donors (Lipinski definition) is 1. The summed E-state index contributed by atoms with van der Waals surface area (Å²) in [5.41, 5.74) is 7.60. The van der Waals surface area contributed by atoms with Gasteiger partial charge in [0.15, 0.2) is 0 Å². The van der Waals surface area contributed by atoms with Crippen LogP contribution in [-0.4, -0.2) is 36.6 Å². The van der Waals surface area contributed by atoms with Crippen LogP contribution >= 0.6 is 11.6 Å². The number of halogens is 1. The number of nitrogens with two attached hydrogens (primary N) is 1. The number of alkyl halides is 1. The molecule has 1 atom stereocenters. The van der Waals surface area contributed by atoms with Gasteiger partial charge in [-0.2, -0.15) is 0 Å². The molecular weight excluding hydrogens is 312 g/mol. The first-order chi connectivity index (χ1) is 10.8. The van der Waals surface area contributed by atoms with Gasteiger partial charge >= 0.3 is 5.97 Å². The molecule has 130 valence electrons. The van der Waals surface area contributed by atoms with Gasteiger partial charge in [0.05, 0.1) is 0 Å². The summed E-state index contributed by atoms with van der Waals surface area (Å²) in [5, 5.41) is 0. The molecule has 0 radical (unpaired) electrons. The molecule has 0 fully saturated rings. The third-order valence-electron chi connectivity index (χ3n) is 3.31. The van der Waals surface area contributed by atoms with E-state index >= 15 is 0 Å². The van der Waals surface area contributed by atoms with Crippen LogP contribution in [0.25, 0.3) is 0 Å². The molecule has 0 amide bonds. The molecule has 0 bridgehead atoms. The van der Waals surface area contributed by atoms with Crippen molar-refractivity contribution >= 4 is 23.3 Å². The first-order valence-electron chi connectivity index (χ1n) is 8.15. The number of hydrogen-bond acceptors (Lipinski definition) is 4. The van der Waals surface area contributed by atoms with Gasteiger partial charge in [-0.15, -0.1) is 11.6 Å². The highest BCUT2D eigenvalue weighted by molar-refractivity contribution is 6.18. The number of carbonyl (C=O) groups excluding carboxylic acids is 1. The Bertz CT molecular complexity index is 477. The Kier molecular flexibility index (Phi) is 7.86. The molecule has 23 heavy (non-hydrogen) atoms. The highest BCUT2D eigenvalue weighted by Crippen LogP contribution is 2.17. The van der Waals surface area contributed by atoms with E-state index in [9.17, 15) is 4.79 Å². The summed E-state index contributed by atoms with van der Waals surface area (Å²) < 4.78 is 5.31. The first kappa shape index (κ1) is 19.8. The van der Waals surface area contributed by atoms with E-state index < -0.39 is 11.6 Å². The maximum Gasteiger partial charge on any atom is 0.323 e.